The van der Waals surface area contributed by atoms with Gasteiger partial charge in [-0.2, -0.15) is 0 Å². The van der Waals surface area contributed by atoms with E-state index in [1.165, 1.54) is 12.1 Å². The van der Waals surface area contributed by atoms with Gasteiger partial charge in [0.25, 0.3) is 5.91 Å². The standard InChI is InChI=1S/C18H19NO3S/c1-23(21,22)17-12-10-14(11-13-17)18(20)19(16-8-5-9-16)15-6-3-2-4-7-15/h2-4,6-7,10-13,16H,5,8-9H2,1H3. The van der Waals surface area contributed by atoms with Crippen LogP contribution in [0.3, 0.4) is 0 Å². The first-order valence-corrected chi connectivity index (χ1v) is 9.55. The lowest BCUT2D eigenvalue weighted by Crippen LogP contribution is -2.44. The van der Waals surface area contributed by atoms with E-state index < -0.39 is 9.84 Å². The van der Waals surface area contributed by atoms with E-state index in [0.717, 1.165) is 31.2 Å². The largest absolute Gasteiger partial charge is 0.305 e. The molecule has 0 atom stereocenters. The van der Waals surface area contributed by atoms with Crippen LogP contribution in [0.1, 0.15) is 29.6 Å². The third-order valence-electron chi connectivity index (χ3n) is 4.22. The Morgan fingerprint density at radius 1 is 1.00 bits per heavy atom. The van der Waals surface area contributed by atoms with Crippen LogP contribution >= 0.6 is 0 Å². The van der Waals surface area contributed by atoms with E-state index in [2.05, 4.69) is 0 Å². The third kappa shape index (κ3) is 3.29. The van der Waals surface area contributed by atoms with Gasteiger partial charge in [0.1, 0.15) is 0 Å². The van der Waals surface area contributed by atoms with E-state index in [4.69, 9.17) is 0 Å². The van der Waals surface area contributed by atoms with Crippen molar-refractivity contribution in [2.45, 2.75) is 30.2 Å². The lowest BCUT2D eigenvalue weighted by molar-refractivity contribution is 0.0964. The van der Waals surface area contributed by atoms with Crippen LogP contribution < -0.4 is 4.90 Å². The number of sulfone groups is 1. The number of anilines is 1. The van der Waals surface area contributed by atoms with Crippen LogP contribution in [0.2, 0.25) is 0 Å². The summed E-state index contributed by atoms with van der Waals surface area (Å²) >= 11 is 0. The molecule has 23 heavy (non-hydrogen) atoms. The second-order valence-electron chi connectivity index (χ2n) is 5.89. The van der Waals surface area contributed by atoms with Gasteiger partial charge in [0, 0.05) is 23.5 Å². The Morgan fingerprint density at radius 2 is 1.61 bits per heavy atom. The predicted octanol–water partition coefficient (Wildman–Crippen LogP) is 3.29. The van der Waals surface area contributed by atoms with E-state index in [1.807, 2.05) is 35.2 Å². The molecule has 1 aliphatic carbocycles. The summed E-state index contributed by atoms with van der Waals surface area (Å²) in [5, 5.41) is 0. The topological polar surface area (TPSA) is 54.5 Å². The molecule has 0 aromatic heterocycles. The minimum absolute atomic E-state index is 0.0825. The Hall–Kier alpha value is -2.14. The van der Waals surface area contributed by atoms with Crippen molar-refractivity contribution in [1.29, 1.82) is 0 Å². The first-order chi connectivity index (χ1) is 11.0. The number of nitrogens with zero attached hydrogens (tertiary/aromatic N) is 1. The zero-order valence-electron chi connectivity index (χ0n) is 13.0. The summed E-state index contributed by atoms with van der Waals surface area (Å²) in [6.07, 6.45) is 4.30. The summed E-state index contributed by atoms with van der Waals surface area (Å²) < 4.78 is 23.1. The van der Waals surface area contributed by atoms with Crippen LogP contribution in [0, 0.1) is 0 Å². The molecule has 0 bridgehead atoms. The molecule has 0 aliphatic heterocycles. The van der Waals surface area contributed by atoms with Crippen molar-refractivity contribution in [2.24, 2.45) is 0 Å². The second kappa shape index (κ2) is 6.16. The van der Waals surface area contributed by atoms with Gasteiger partial charge in [0.15, 0.2) is 9.84 Å². The lowest BCUT2D eigenvalue weighted by atomic mass is 9.90. The highest BCUT2D eigenvalue weighted by atomic mass is 32.2. The van der Waals surface area contributed by atoms with Crippen LogP contribution in [-0.2, 0) is 9.84 Å². The fourth-order valence-corrected chi connectivity index (χ4v) is 3.34. The van der Waals surface area contributed by atoms with Crippen molar-refractivity contribution in [3.8, 4) is 0 Å². The van der Waals surface area contributed by atoms with Crippen LogP contribution in [-0.4, -0.2) is 26.6 Å². The first kappa shape index (κ1) is 15.7. The van der Waals surface area contributed by atoms with Crippen LogP contribution in [0.4, 0.5) is 5.69 Å². The van der Waals surface area contributed by atoms with Gasteiger partial charge < -0.3 is 4.90 Å². The maximum Gasteiger partial charge on any atom is 0.258 e. The summed E-state index contributed by atoms with van der Waals surface area (Å²) in [6.45, 7) is 0. The highest BCUT2D eigenvalue weighted by molar-refractivity contribution is 7.90. The summed E-state index contributed by atoms with van der Waals surface area (Å²) in [7, 11) is -3.25. The molecular formula is C18H19NO3S. The van der Waals surface area contributed by atoms with Gasteiger partial charge >= 0.3 is 0 Å². The van der Waals surface area contributed by atoms with Gasteiger partial charge in [-0.1, -0.05) is 18.2 Å². The number of carbonyl (C=O) groups excluding carboxylic acids is 1. The maximum atomic E-state index is 12.9. The van der Waals surface area contributed by atoms with E-state index in [0.29, 0.717) is 5.56 Å². The number of hydrogen-bond donors (Lipinski definition) is 0. The fourth-order valence-electron chi connectivity index (χ4n) is 2.71. The van der Waals surface area contributed by atoms with Gasteiger partial charge in [-0.25, -0.2) is 8.42 Å². The Balaban J connectivity index is 1.92. The molecule has 5 heteroatoms. The van der Waals surface area contributed by atoms with Crippen molar-refractivity contribution < 1.29 is 13.2 Å². The SMILES string of the molecule is CS(=O)(=O)c1ccc(C(=O)N(c2ccccc2)C2CCC2)cc1. The third-order valence-corrected chi connectivity index (χ3v) is 5.35. The van der Waals surface area contributed by atoms with Crippen molar-refractivity contribution in [2.75, 3.05) is 11.2 Å². The predicted molar refractivity (Wildman–Crippen MR) is 90.4 cm³/mol. The summed E-state index contributed by atoms with van der Waals surface area (Å²) in [6, 6.07) is 16.0. The molecule has 1 aliphatic rings. The molecule has 0 saturated heterocycles. The molecule has 1 saturated carbocycles. The van der Waals surface area contributed by atoms with E-state index >= 15 is 0 Å². The van der Waals surface area contributed by atoms with Gasteiger partial charge in [-0.05, 0) is 55.7 Å². The van der Waals surface area contributed by atoms with Gasteiger partial charge in [0.2, 0.25) is 0 Å². The number of carbonyl (C=O) groups is 1. The van der Waals surface area contributed by atoms with Crippen molar-refractivity contribution in [3.05, 3.63) is 60.2 Å². The average molecular weight is 329 g/mol. The van der Waals surface area contributed by atoms with Gasteiger partial charge in [0.05, 0.1) is 4.90 Å². The Labute approximate surface area is 136 Å². The molecule has 1 fully saturated rings. The van der Waals surface area contributed by atoms with E-state index in [-0.39, 0.29) is 16.8 Å². The van der Waals surface area contributed by atoms with Crippen LogP contribution in [0.25, 0.3) is 0 Å². The van der Waals surface area contributed by atoms with Crippen molar-refractivity contribution in [1.82, 2.24) is 0 Å². The quantitative estimate of drug-likeness (QED) is 0.865. The second-order valence-corrected chi connectivity index (χ2v) is 7.91. The molecule has 0 spiro atoms. The molecule has 0 radical (unpaired) electrons. The molecule has 120 valence electrons. The number of amides is 1. The zero-order chi connectivity index (χ0) is 16.4. The zero-order valence-corrected chi connectivity index (χ0v) is 13.8. The van der Waals surface area contributed by atoms with Crippen molar-refractivity contribution >= 4 is 21.4 Å². The molecule has 2 aromatic rings. The highest BCUT2D eigenvalue weighted by Crippen LogP contribution is 2.31. The van der Waals surface area contributed by atoms with Crippen molar-refractivity contribution in [3.63, 3.8) is 0 Å². The normalized spacial score (nSPS) is 15.0. The molecule has 1 amide bonds. The highest BCUT2D eigenvalue weighted by Gasteiger charge is 2.30. The van der Waals surface area contributed by atoms with Crippen LogP contribution in [0.15, 0.2) is 59.5 Å². The Bertz CT molecular complexity index is 794. The Morgan fingerprint density at radius 3 is 2.09 bits per heavy atom. The molecule has 4 nitrogen and oxygen atoms in total. The number of para-hydroxylation sites is 1. The van der Waals surface area contributed by atoms with Gasteiger partial charge in [-0.15, -0.1) is 0 Å². The monoisotopic (exact) mass is 329 g/mol. The molecule has 0 heterocycles. The minimum Gasteiger partial charge on any atom is -0.305 e. The molecule has 3 rings (SSSR count). The average Bonchev–Trinajstić information content (AvgIpc) is 2.50. The smallest absolute Gasteiger partial charge is 0.258 e. The number of hydrogen-bond acceptors (Lipinski definition) is 3. The molecule has 0 N–H and O–H groups in total. The lowest BCUT2D eigenvalue weighted by Gasteiger charge is -2.37. The number of rotatable bonds is 4. The summed E-state index contributed by atoms with van der Waals surface area (Å²) in [5.41, 5.74) is 1.39. The Kier molecular flexibility index (Phi) is 4.22. The van der Waals surface area contributed by atoms with Gasteiger partial charge in [-0.3, -0.25) is 4.79 Å². The molecule has 2 aromatic carbocycles. The van der Waals surface area contributed by atoms with E-state index in [9.17, 15) is 13.2 Å². The fraction of sp³-hybridized carbons (Fsp3) is 0.278. The van der Waals surface area contributed by atoms with Crippen LogP contribution in [0.5, 0.6) is 0 Å². The number of benzene rings is 2. The summed E-state index contributed by atoms with van der Waals surface area (Å²) in [5.74, 6) is -0.0825. The molecule has 0 unspecified atom stereocenters. The first-order valence-electron chi connectivity index (χ1n) is 7.65. The summed E-state index contributed by atoms with van der Waals surface area (Å²) in [4.78, 5) is 15.0. The minimum atomic E-state index is -3.25. The van der Waals surface area contributed by atoms with E-state index in [1.54, 1.807) is 12.1 Å². The molecular weight excluding hydrogens is 310 g/mol. The maximum absolute atomic E-state index is 12.9.